The lowest BCUT2D eigenvalue weighted by atomic mass is 10.4. The second kappa shape index (κ2) is 3.06. The highest BCUT2D eigenvalue weighted by molar-refractivity contribution is 7.17. The van der Waals surface area contributed by atoms with E-state index in [1.165, 1.54) is 11.3 Å². The van der Waals surface area contributed by atoms with Crippen molar-refractivity contribution in [3.63, 3.8) is 0 Å². The van der Waals surface area contributed by atoms with Crippen molar-refractivity contribution >= 4 is 27.4 Å². The molecule has 0 spiro atoms. The maximum Gasteiger partial charge on any atom is 0.198 e. The van der Waals surface area contributed by atoms with E-state index in [9.17, 15) is 0 Å². The average molecular weight is 217 g/mol. The predicted octanol–water partition coefficient (Wildman–Crippen LogP) is 2.53. The molecule has 0 saturated heterocycles. The lowest BCUT2D eigenvalue weighted by Crippen LogP contribution is -1.94. The molecule has 0 aliphatic rings. The third kappa shape index (κ3) is 1.28. The molecule has 0 saturated carbocycles. The van der Waals surface area contributed by atoms with Crippen LogP contribution in [0.1, 0.15) is 0 Å². The summed E-state index contributed by atoms with van der Waals surface area (Å²) in [6, 6.07) is 5.53. The molecule has 0 radical (unpaired) electrons. The van der Waals surface area contributed by atoms with Crippen molar-refractivity contribution in [2.45, 2.75) is 0 Å². The first kappa shape index (κ1) is 8.43. The zero-order valence-corrected chi connectivity index (χ0v) is 8.49. The summed E-state index contributed by atoms with van der Waals surface area (Å²) in [7, 11) is 0. The number of hydrogen-bond donors (Lipinski definition) is 1. The zero-order chi connectivity index (χ0) is 10.3. The van der Waals surface area contributed by atoms with Gasteiger partial charge in [-0.1, -0.05) is 0 Å². The van der Waals surface area contributed by atoms with E-state index in [0.717, 1.165) is 10.2 Å². The summed E-state index contributed by atoms with van der Waals surface area (Å²) >= 11 is 1.54. The van der Waals surface area contributed by atoms with E-state index in [1.807, 2.05) is 17.5 Å². The minimum Gasteiger partial charge on any atom is -0.461 e. The Morgan fingerprint density at radius 3 is 3.00 bits per heavy atom. The number of aromatic nitrogens is 2. The lowest BCUT2D eigenvalue weighted by molar-refractivity contribution is 0.578. The van der Waals surface area contributed by atoms with Gasteiger partial charge in [-0.2, -0.15) is 0 Å². The van der Waals surface area contributed by atoms with Gasteiger partial charge in [0.25, 0.3) is 0 Å². The van der Waals surface area contributed by atoms with Crippen molar-refractivity contribution in [1.82, 2.24) is 9.97 Å². The summed E-state index contributed by atoms with van der Waals surface area (Å²) in [6.07, 6.45) is 1.59. The third-order valence-corrected chi connectivity index (χ3v) is 3.00. The highest BCUT2D eigenvalue weighted by Gasteiger charge is 2.09. The molecule has 0 aromatic carbocycles. The van der Waals surface area contributed by atoms with Gasteiger partial charge in [0.1, 0.15) is 5.82 Å². The van der Waals surface area contributed by atoms with Gasteiger partial charge in [-0.05, 0) is 23.6 Å². The summed E-state index contributed by atoms with van der Waals surface area (Å²) in [5.41, 5.74) is 6.69. The van der Waals surface area contributed by atoms with E-state index >= 15 is 0 Å². The van der Waals surface area contributed by atoms with Crippen LogP contribution < -0.4 is 5.73 Å². The van der Waals surface area contributed by atoms with Crippen LogP contribution in [-0.2, 0) is 0 Å². The maximum atomic E-state index is 5.83. The topological polar surface area (TPSA) is 64.9 Å². The molecule has 2 N–H and O–H groups in total. The van der Waals surface area contributed by atoms with Gasteiger partial charge in [-0.15, -0.1) is 11.3 Å². The molecule has 0 unspecified atom stereocenters. The Balaban J connectivity index is 2.29. The van der Waals surface area contributed by atoms with Gasteiger partial charge in [0.05, 0.1) is 16.5 Å². The van der Waals surface area contributed by atoms with Crippen LogP contribution in [0.4, 0.5) is 5.82 Å². The van der Waals surface area contributed by atoms with Crippen LogP contribution in [0.3, 0.4) is 0 Å². The average Bonchev–Trinajstić information content (AvgIpc) is 2.88. The highest BCUT2D eigenvalue weighted by atomic mass is 32.1. The molecular formula is C10H7N3OS. The van der Waals surface area contributed by atoms with E-state index in [-0.39, 0.29) is 0 Å². The van der Waals surface area contributed by atoms with Crippen molar-refractivity contribution in [2.75, 3.05) is 5.73 Å². The number of nitrogen functional groups attached to an aromatic ring is 1. The minimum atomic E-state index is 0.501. The fourth-order valence-electron chi connectivity index (χ4n) is 1.40. The summed E-state index contributed by atoms with van der Waals surface area (Å²) in [5, 5.41) is 1.95. The second-order valence-corrected chi connectivity index (χ2v) is 3.96. The second-order valence-electron chi connectivity index (χ2n) is 3.04. The van der Waals surface area contributed by atoms with Crippen LogP contribution in [0.2, 0.25) is 0 Å². The van der Waals surface area contributed by atoms with Crippen molar-refractivity contribution in [3.8, 4) is 11.6 Å². The van der Waals surface area contributed by atoms with E-state index in [4.69, 9.17) is 10.2 Å². The summed E-state index contributed by atoms with van der Waals surface area (Å²) in [6.45, 7) is 0. The molecule has 0 bridgehead atoms. The number of rotatable bonds is 1. The number of furan rings is 1. The molecule has 74 valence electrons. The number of fused-ring (bicyclic) bond motifs is 1. The van der Waals surface area contributed by atoms with Gasteiger partial charge in [0, 0.05) is 0 Å². The normalized spacial score (nSPS) is 10.9. The first-order valence-electron chi connectivity index (χ1n) is 4.39. The van der Waals surface area contributed by atoms with E-state index in [0.29, 0.717) is 17.4 Å². The third-order valence-electron chi connectivity index (χ3n) is 2.07. The van der Waals surface area contributed by atoms with Gasteiger partial charge in [0.2, 0.25) is 0 Å². The maximum absolute atomic E-state index is 5.83. The van der Waals surface area contributed by atoms with Crippen LogP contribution in [-0.4, -0.2) is 9.97 Å². The van der Waals surface area contributed by atoms with Gasteiger partial charge in [0.15, 0.2) is 11.6 Å². The highest BCUT2D eigenvalue weighted by Crippen LogP contribution is 2.26. The van der Waals surface area contributed by atoms with Crippen LogP contribution in [0.25, 0.3) is 21.8 Å². The zero-order valence-electron chi connectivity index (χ0n) is 7.68. The molecule has 3 heterocycles. The Morgan fingerprint density at radius 1 is 1.27 bits per heavy atom. The van der Waals surface area contributed by atoms with Crippen molar-refractivity contribution < 1.29 is 4.42 Å². The first-order chi connectivity index (χ1) is 7.34. The molecule has 4 nitrogen and oxygen atoms in total. The summed E-state index contributed by atoms with van der Waals surface area (Å²) in [4.78, 5) is 8.56. The summed E-state index contributed by atoms with van der Waals surface area (Å²) in [5.74, 6) is 1.67. The van der Waals surface area contributed by atoms with Crippen LogP contribution in [0.15, 0.2) is 34.3 Å². The lowest BCUT2D eigenvalue weighted by Gasteiger charge is -1.98. The van der Waals surface area contributed by atoms with Crippen molar-refractivity contribution in [2.24, 2.45) is 0 Å². The van der Waals surface area contributed by atoms with E-state index in [1.54, 1.807) is 12.3 Å². The monoisotopic (exact) mass is 217 g/mol. The van der Waals surface area contributed by atoms with Gasteiger partial charge in [-0.25, -0.2) is 9.97 Å². The molecule has 0 aliphatic heterocycles. The molecule has 0 aliphatic carbocycles. The fourth-order valence-corrected chi connectivity index (χ4v) is 2.14. The van der Waals surface area contributed by atoms with Crippen molar-refractivity contribution in [1.29, 1.82) is 0 Å². The molecule has 0 atom stereocenters. The number of anilines is 1. The van der Waals surface area contributed by atoms with Gasteiger partial charge in [-0.3, -0.25) is 0 Å². The van der Waals surface area contributed by atoms with Crippen LogP contribution >= 0.6 is 11.3 Å². The van der Waals surface area contributed by atoms with Crippen LogP contribution in [0.5, 0.6) is 0 Å². The Kier molecular flexibility index (Phi) is 1.72. The molecule has 3 aromatic rings. The van der Waals surface area contributed by atoms with Gasteiger partial charge < -0.3 is 10.2 Å². The smallest absolute Gasteiger partial charge is 0.198 e. The van der Waals surface area contributed by atoms with E-state index in [2.05, 4.69) is 9.97 Å². The Bertz CT molecular complexity index is 600. The Hall–Kier alpha value is -1.88. The molecule has 0 fully saturated rings. The molecule has 0 amide bonds. The molecular weight excluding hydrogens is 210 g/mol. The first-order valence-corrected chi connectivity index (χ1v) is 5.27. The molecule has 5 heteroatoms. The summed E-state index contributed by atoms with van der Waals surface area (Å²) < 4.78 is 6.14. The van der Waals surface area contributed by atoms with Crippen molar-refractivity contribution in [3.05, 3.63) is 29.8 Å². The Morgan fingerprint density at radius 2 is 2.20 bits per heavy atom. The minimum absolute atomic E-state index is 0.501. The molecule has 3 aromatic heterocycles. The largest absolute Gasteiger partial charge is 0.461 e. The molecule has 15 heavy (non-hydrogen) atoms. The van der Waals surface area contributed by atoms with Gasteiger partial charge >= 0.3 is 0 Å². The standard InChI is InChI=1S/C10H7N3OS/c11-9-8-6(3-5-15-8)12-10(13-9)7-2-1-4-14-7/h1-5H,(H2,11,12,13). The number of nitrogens with two attached hydrogens (primary N) is 1. The SMILES string of the molecule is Nc1nc(-c2ccco2)nc2ccsc12. The predicted molar refractivity (Wildman–Crippen MR) is 59.5 cm³/mol. The molecule has 3 rings (SSSR count). The fraction of sp³-hybridized carbons (Fsp3) is 0. The van der Waals surface area contributed by atoms with E-state index < -0.39 is 0 Å². The number of hydrogen-bond acceptors (Lipinski definition) is 5. The number of thiophene rings is 1. The van der Waals surface area contributed by atoms with Crippen LogP contribution in [0, 0.1) is 0 Å². The number of nitrogens with zero attached hydrogens (tertiary/aromatic N) is 2. The quantitative estimate of drug-likeness (QED) is 0.680. The Labute approximate surface area is 89.4 Å².